The zero-order chi connectivity index (χ0) is 24.4. The van der Waals surface area contributed by atoms with Crippen molar-refractivity contribution in [3.05, 3.63) is 35.3 Å². The molecule has 1 saturated heterocycles. The minimum atomic E-state index is -3.83. The van der Waals surface area contributed by atoms with Crippen LogP contribution in [-0.2, 0) is 26.0 Å². The van der Waals surface area contributed by atoms with Gasteiger partial charge in [-0.3, -0.25) is 9.59 Å². The van der Waals surface area contributed by atoms with Gasteiger partial charge in [0.2, 0.25) is 21.8 Å². The van der Waals surface area contributed by atoms with E-state index in [9.17, 15) is 18.0 Å². The second-order valence-corrected chi connectivity index (χ2v) is 12.2. The number of fused-ring (bicyclic) bond motifs is 1. The van der Waals surface area contributed by atoms with Crippen LogP contribution in [0.25, 0.3) is 0 Å². The van der Waals surface area contributed by atoms with E-state index >= 15 is 0 Å². The van der Waals surface area contributed by atoms with Crippen LogP contribution < -0.4 is 10.1 Å². The van der Waals surface area contributed by atoms with E-state index in [2.05, 4.69) is 10.3 Å². The van der Waals surface area contributed by atoms with Crippen molar-refractivity contribution in [2.75, 3.05) is 31.6 Å². The maximum absolute atomic E-state index is 13.3. The van der Waals surface area contributed by atoms with Crippen LogP contribution >= 0.6 is 11.3 Å². The Bertz CT molecular complexity index is 1180. The SMILES string of the molecule is O=C(Nc1nccs1)[C@H](CC1CCCCC1)N1CCN(S(=O)(=O)c2ccc3c(c2)CCO3)CC1=O. The van der Waals surface area contributed by atoms with Crippen LogP contribution in [-0.4, -0.2) is 66.7 Å². The van der Waals surface area contributed by atoms with Crippen LogP contribution in [0.5, 0.6) is 5.75 Å². The van der Waals surface area contributed by atoms with E-state index in [0.29, 0.717) is 36.2 Å². The van der Waals surface area contributed by atoms with Gasteiger partial charge in [-0.05, 0) is 36.1 Å². The van der Waals surface area contributed by atoms with E-state index < -0.39 is 16.1 Å². The number of sulfonamides is 1. The highest BCUT2D eigenvalue weighted by Crippen LogP contribution is 2.32. The monoisotopic (exact) mass is 518 g/mol. The number of aromatic nitrogens is 1. The van der Waals surface area contributed by atoms with Crippen molar-refractivity contribution in [3.8, 4) is 5.75 Å². The van der Waals surface area contributed by atoms with Gasteiger partial charge >= 0.3 is 0 Å². The second kappa shape index (κ2) is 10.2. The van der Waals surface area contributed by atoms with Gasteiger partial charge in [0.25, 0.3) is 0 Å². The van der Waals surface area contributed by atoms with E-state index in [1.165, 1.54) is 28.1 Å². The third-order valence-corrected chi connectivity index (χ3v) is 9.67. The van der Waals surface area contributed by atoms with E-state index in [-0.39, 0.29) is 36.3 Å². The quantitative estimate of drug-likeness (QED) is 0.604. The molecule has 1 atom stereocenters. The first-order chi connectivity index (χ1) is 16.9. The molecule has 11 heteroatoms. The molecule has 0 radical (unpaired) electrons. The predicted molar refractivity (Wildman–Crippen MR) is 132 cm³/mol. The van der Waals surface area contributed by atoms with Crippen LogP contribution in [0.3, 0.4) is 0 Å². The number of thiazole rings is 1. The Morgan fingerprint density at radius 3 is 2.80 bits per heavy atom. The number of benzene rings is 1. The number of carbonyl (C=O) groups is 2. The molecule has 188 valence electrons. The van der Waals surface area contributed by atoms with Crippen LogP contribution in [0, 0.1) is 5.92 Å². The minimum Gasteiger partial charge on any atom is -0.493 e. The van der Waals surface area contributed by atoms with Gasteiger partial charge in [-0.1, -0.05) is 32.1 Å². The number of anilines is 1. The number of nitrogens with zero attached hydrogens (tertiary/aromatic N) is 3. The number of carbonyl (C=O) groups excluding carboxylic acids is 2. The standard InChI is InChI=1S/C24H30N4O5S2/c29-22-16-27(35(31,32)19-6-7-21-18(15-19)8-12-33-21)10-11-28(22)20(14-17-4-2-1-3-5-17)23(30)26-24-25-9-13-34-24/h6-7,9,13,15,17,20H,1-5,8,10-12,14,16H2,(H,25,26,30)/t20-/m0/s1. The maximum Gasteiger partial charge on any atom is 0.248 e. The zero-order valence-electron chi connectivity index (χ0n) is 19.5. The van der Waals surface area contributed by atoms with Crippen molar-refractivity contribution in [2.24, 2.45) is 5.92 Å². The number of hydrogen-bond donors (Lipinski definition) is 1. The summed E-state index contributed by atoms with van der Waals surface area (Å²) in [6.07, 6.45) is 8.45. The summed E-state index contributed by atoms with van der Waals surface area (Å²) < 4.78 is 33.3. The fraction of sp³-hybridized carbons (Fsp3) is 0.542. The molecule has 2 aromatic rings. The molecule has 1 aromatic heterocycles. The molecule has 0 unspecified atom stereocenters. The zero-order valence-corrected chi connectivity index (χ0v) is 21.2. The molecule has 9 nitrogen and oxygen atoms in total. The number of nitrogens with one attached hydrogen (secondary N) is 1. The molecule has 1 aromatic carbocycles. The first kappa shape index (κ1) is 24.2. The molecule has 0 spiro atoms. The molecule has 1 saturated carbocycles. The molecule has 1 aliphatic carbocycles. The number of ether oxygens (including phenoxy) is 1. The third-order valence-electron chi connectivity index (χ3n) is 7.14. The Kier molecular flexibility index (Phi) is 7.08. The predicted octanol–water partition coefficient (Wildman–Crippen LogP) is 2.89. The highest BCUT2D eigenvalue weighted by molar-refractivity contribution is 7.89. The molecule has 35 heavy (non-hydrogen) atoms. The lowest BCUT2D eigenvalue weighted by molar-refractivity contribution is -0.142. The number of amides is 2. The average molecular weight is 519 g/mol. The van der Waals surface area contributed by atoms with E-state index in [4.69, 9.17) is 4.74 Å². The number of rotatable bonds is 7. The molecular formula is C24H30N4O5S2. The van der Waals surface area contributed by atoms with Gasteiger partial charge in [-0.25, -0.2) is 13.4 Å². The summed E-state index contributed by atoms with van der Waals surface area (Å²) in [7, 11) is -3.83. The van der Waals surface area contributed by atoms with Crippen LogP contribution in [0.2, 0.25) is 0 Å². The summed E-state index contributed by atoms with van der Waals surface area (Å²) in [5, 5.41) is 5.13. The summed E-state index contributed by atoms with van der Waals surface area (Å²) >= 11 is 1.33. The largest absolute Gasteiger partial charge is 0.493 e. The fourth-order valence-electron chi connectivity index (χ4n) is 5.26. The number of piperazine rings is 1. The lowest BCUT2D eigenvalue weighted by atomic mass is 9.84. The molecular weight excluding hydrogens is 488 g/mol. The summed E-state index contributed by atoms with van der Waals surface area (Å²) in [4.78, 5) is 32.4. The molecule has 1 N–H and O–H groups in total. The summed E-state index contributed by atoms with van der Waals surface area (Å²) in [6, 6.07) is 4.21. The Balaban J connectivity index is 1.31. The molecule has 0 bridgehead atoms. The van der Waals surface area contributed by atoms with E-state index in [1.807, 2.05) is 0 Å². The Morgan fingerprint density at radius 1 is 1.23 bits per heavy atom. The first-order valence-electron chi connectivity index (χ1n) is 12.2. The van der Waals surface area contributed by atoms with Crippen molar-refractivity contribution in [1.82, 2.24) is 14.2 Å². The second-order valence-electron chi connectivity index (χ2n) is 9.38. The Hall–Kier alpha value is -2.50. The average Bonchev–Trinajstić information content (AvgIpc) is 3.55. The van der Waals surface area contributed by atoms with Gasteiger partial charge < -0.3 is 15.0 Å². The molecule has 3 heterocycles. The van der Waals surface area contributed by atoms with Crippen molar-refractivity contribution < 1.29 is 22.7 Å². The maximum atomic E-state index is 13.3. The van der Waals surface area contributed by atoms with Gasteiger partial charge in [0.05, 0.1) is 18.0 Å². The van der Waals surface area contributed by atoms with Gasteiger partial charge in [0.1, 0.15) is 11.8 Å². The van der Waals surface area contributed by atoms with Gasteiger partial charge in [0.15, 0.2) is 5.13 Å². The Morgan fingerprint density at radius 2 is 2.06 bits per heavy atom. The molecule has 2 amide bonds. The van der Waals surface area contributed by atoms with Crippen LogP contribution in [0.1, 0.15) is 44.1 Å². The smallest absolute Gasteiger partial charge is 0.248 e. The normalized spacial score (nSPS) is 20.3. The highest BCUT2D eigenvalue weighted by atomic mass is 32.2. The fourth-order valence-corrected chi connectivity index (χ4v) is 7.22. The third kappa shape index (κ3) is 5.22. The van der Waals surface area contributed by atoms with E-state index in [0.717, 1.165) is 31.2 Å². The van der Waals surface area contributed by atoms with Crippen molar-refractivity contribution in [2.45, 2.75) is 55.9 Å². The summed E-state index contributed by atoms with van der Waals surface area (Å²) in [5.74, 6) is 0.480. The molecule has 2 aliphatic heterocycles. The van der Waals surface area contributed by atoms with Crippen molar-refractivity contribution in [1.29, 1.82) is 0 Å². The molecule has 5 rings (SSSR count). The first-order valence-corrected chi connectivity index (χ1v) is 14.5. The molecule has 2 fully saturated rings. The van der Waals surface area contributed by atoms with Crippen LogP contribution in [0.4, 0.5) is 5.13 Å². The lowest BCUT2D eigenvalue weighted by Gasteiger charge is -2.39. The summed E-state index contributed by atoms with van der Waals surface area (Å²) in [6.45, 7) is 0.588. The number of hydrogen-bond acceptors (Lipinski definition) is 7. The Labute approximate surface area is 209 Å². The summed E-state index contributed by atoms with van der Waals surface area (Å²) in [5.41, 5.74) is 0.863. The minimum absolute atomic E-state index is 0.146. The topological polar surface area (TPSA) is 109 Å². The lowest BCUT2D eigenvalue weighted by Crippen LogP contribution is -2.58. The van der Waals surface area contributed by atoms with Gasteiger partial charge in [-0.15, -0.1) is 11.3 Å². The molecule has 3 aliphatic rings. The van der Waals surface area contributed by atoms with Crippen molar-refractivity contribution in [3.63, 3.8) is 0 Å². The van der Waals surface area contributed by atoms with Crippen LogP contribution in [0.15, 0.2) is 34.7 Å². The van der Waals surface area contributed by atoms with Gasteiger partial charge in [-0.2, -0.15) is 4.31 Å². The van der Waals surface area contributed by atoms with Gasteiger partial charge in [0, 0.05) is 31.1 Å². The highest BCUT2D eigenvalue weighted by Gasteiger charge is 2.39. The van der Waals surface area contributed by atoms with E-state index in [1.54, 1.807) is 28.6 Å². The van der Waals surface area contributed by atoms with Crippen molar-refractivity contribution >= 4 is 38.3 Å².